The van der Waals surface area contributed by atoms with E-state index in [1.807, 2.05) is 0 Å². The summed E-state index contributed by atoms with van der Waals surface area (Å²) >= 11 is -2.76. The molecule has 0 radical (unpaired) electrons. The Bertz CT molecular complexity index is 2500. The number of fused-ring (bicyclic) bond motifs is 2. The summed E-state index contributed by atoms with van der Waals surface area (Å²) in [5, 5.41) is 18.8. The Morgan fingerprint density at radius 1 is 0.882 bits per heavy atom. The molecule has 3 aromatic rings. The van der Waals surface area contributed by atoms with Crippen LogP contribution < -0.4 is 15.2 Å². The van der Waals surface area contributed by atoms with Gasteiger partial charge in [0, 0.05) is 11.6 Å². The molecule has 0 spiro atoms. The van der Waals surface area contributed by atoms with Gasteiger partial charge in [0.05, 0.1) is 16.2 Å². The van der Waals surface area contributed by atoms with E-state index in [-0.39, 0.29) is 49.8 Å². The molecule has 2 aliphatic carbocycles. The molecule has 0 saturated heterocycles. The lowest BCUT2D eigenvalue weighted by atomic mass is 9.94. The van der Waals surface area contributed by atoms with Crippen LogP contribution in [0.3, 0.4) is 0 Å². The SMILES string of the molecule is [C-]#[N+]C([N+]#[C-])=C1Cc2c(CS(=O)O)c3c(c(S(=O)(=O)C(F)(F)F)c2=C1c1ccc(C)cc1)CC(=C(C#N)C#N)C=3c1ccc(OC(F)(F)F)cc1. The zero-order valence-corrected chi connectivity index (χ0v) is 27.3. The average Bonchev–Trinajstić information content (AvgIpc) is 3.61. The first-order valence-electron chi connectivity index (χ1n) is 14.2. The van der Waals surface area contributed by atoms with Gasteiger partial charge in [0.2, 0.25) is 0 Å². The van der Waals surface area contributed by atoms with E-state index in [2.05, 4.69) is 14.4 Å². The molecule has 0 heterocycles. The number of sulfone groups is 1. The summed E-state index contributed by atoms with van der Waals surface area (Å²) in [6.07, 6.45) is -6.43. The molecule has 51 heavy (non-hydrogen) atoms. The lowest BCUT2D eigenvalue weighted by molar-refractivity contribution is -0.274. The Hall–Kier alpha value is -5.72. The Kier molecular flexibility index (Phi) is 9.46. The van der Waals surface area contributed by atoms with Crippen LogP contribution in [0.15, 0.2) is 76.0 Å². The molecule has 2 aliphatic rings. The predicted molar refractivity (Wildman–Crippen MR) is 169 cm³/mol. The van der Waals surface area contributed by atoms with Crippen LogP contribution in [0, 0.1) is 42.7 Å². The number of ether oxygens (including phenoxy) is 1. The second kappa shape index (κ2) is 13.2. The van der Waals surface area contributed by atoms with Crippen LogP contribution in [0.5, 0.6) is 5.75 Å². The maximum Gasteiger partial charge on any atom is 0.573 e. The topological polar surface area (TPSA) is 137 Å². The van der Waals surface area contributed by atoms with Gasteiger partial charge in [-0.1, -0.05) is 42.0 Å². The molecule has 9 nitrogen and oxygen atoms in total. The molecular weight excluding hydrogens is 723 g/mol. The molecule has 0 saturated carbocycles. The third kappa shape index (κ3) is 6.51. The van der Waals surface area contributed by atoms with Crippen LogP contribution in [0.4, 0.5) is 26.3 Å². The first-order chi connectivity index (χ1) is 23.9. The minimum absolute atomic E-state index is 0.0962. The van der Waals surface area contributed by atoms with Gasteiger partial charge in [-0.05, 0) is 75.2 Å². The van der Waals surface area contributed by atoms with Gasteiger partial charge in [-0.15, -0.1) is 13.2 Å². The van der Waals surface area contributed by atoms with Crippen LogP contribution in [-0.4, -0.2) is 29.1 Å². The van der Waals surface area contributed by atoms with Crippen molar-refractivity contribution in [2.24, 2.45) is 0 Å². The summed E-state index contributed by atoms with van der Waals surface area (Å²) in [5.41, 5.74) is -7.80. The zero-order chi connectivity index (χ0) is 37.6. The van der Waals surface area contributed by atoms with Gasteiger partial charge in [-0.2, -0.15) is 33.4 Å². The second-order valence-corrected chi connectivity index (χ2v) is 13.9. The highest BCUT2D eigenvalue weighted by Gasteiger charge is 2.51. The average molecular weight is 741 g/mol. The third-order valence-corrected chi connectivity index (χ3v) is 10.3. The van der Waals surface area contributed by atoms with Crippen molar-refractivity contribution in [3.63, 3.8) is 0 Å². The van der Waals surface area contributed by atoms with Crippen molar-refractivity contribution in [1.29, 1.82) is 10.5 Å². The number of nitrogens with zero attached hydrogens (tertiary/aromatic N) is 4. The number of alkyl halides is 6. The van der Waals surface area contributed by atoms with Gasteiger partial charge in [0.15, 0.2) is 11.1 Å². The number of hydrogen-bond donors (Lipinski definition) is 1. The van der Waals surface area contributed by atoms with Crippen molar-refractivity contribution < 1.29 is 48.3 Å². The van der Waals surface area contributed by atoms with E-state index >= 15 is 0 Å². The molecule has 258 valence electrons. The fourth-order valence-electron chi connectivity index (χ4n) is 6.25. The van der Waals surface area contributed by atoms with Gasteiger partial charge in [0.25, 0.3) is 9.84 Å². The predicted octanol–water partition coefficient (Wildman–Crippen LogP) is 5.81. The van der Waals surface area contributed by atoms with Crippen LogP contribution >= 0.6 is 0 Å². The largest absolute Gasteiger partial charge is 0.573 e. The zero-order valence-electron chi connectivity index (χ0n) is 25.7. The van der Waals surface area contributed by atoms with Crippen molar-refractivity contribution in [3.8, 4) is 17.9 Å². The molecule has 0 aliphatic heterocycles. The molecule has 3 aromatic carbocycles. The minimum atomic E-state index is -6.36. The lowest BCUT2D eigenvalue weighted by Crippen LogP contribution is -2.36. The Labute approximate surface area is 288 Å². The van der Waals surface area contributed by atoms with E-state index in [1.54, 1.807) is 31.2 Å². The fraction of sp³-hybridized carbons (Fsp3) is 0.176. The van der Waals surface area contributed by atoms with Crippen LogP contribution in [0.1, 0.15) is 33.4 Å². The van der Waals surface area contributed by atoms with Crippen LogP contribution in [0.2, 0.25) is 0 Å². The number of hydrogen-bond acceptors (Lipinski definition) is 6. The van der Waals surface area contributed by atoms with E-state index in [4.69, 9.17) is 13.1 Å². The summed E-state index contributed by atoms with van der Waals surface area (Å²) in [7, 11) is -6.36. The number of allylic oxidation sites excluding steroid dienone is 3. The first-order valence-corrected chi connectivity index (χ1v) is 16.9. The van der Waals surface area contributed by atoms with Crippen molar-refractivity contribution in [2.45, 2.75) is 42.3 Å². The highest BCUT2D eigenvalue weighted by molar-refractivity contribution is 7.92. The number of rotatable bonds is 6. The molecule has 0 fully saturated rings. The monoisotopic (exact) mass is 740 g/mol. The third-order valence-electron chi connectivity index (χ3n) is 8.15. The summed E-state index contributed by atoms with van der Waals surface area (Å²) < 4.78 is 137. The first kappa shape index (κ1) is 36.6. The summed E-state index contributed by atoms with van der Waals surface area (Å²) in [6, 6.07) is 13.0. The van der Waals surface area contributed by atoms with E-state index in [1.165, 1.54) is 12.1 Å². The minimum Gasteiger partial charge on any atom is -0.406 e. The molecular formula is C34H18F6N4O5S2. The standard InChI is InChI=1S/C34H18F6N4O5S2/c1-17-4-6-18(7-5-17)28-25(32(43-2)44-3)13-23-26(16-50(45)46)29-24(31(30(23)28)51(47,48)34(38,39)40)12-22(20(14-41)15-42)27(29)19-8-10-21(11-9-19)49-33(35,36)37/h4-11H,12-13,16H2,1H3,(H,45,46). The van der Waals surface area contributed by atoms with E-state index < -0.39 is 84.2 Å². The molecule has 1 unspecified atom stereocenters. The van der Waals surface area contributed by atoms with Gasteiger partial charge in [0.1, 0.15) is 36.6 Å². The van der Waals surface area contributed by atoms with Crippen LogP contribution in [-0.2, 0) is 39.5 Å². The van der Waals surface area contributed by atoms with Gasteiger partial charge in [-0.25, -0.2) is 12.6 Å². The number of benzene rings is 3. The number of halogens is 6. The second-order valence-electron chi connectivity index (χ2n) is 11.1. The van der Waals surface area contributed by atoms with Gasteiger partial charge in [-0.3, -0.25) is 0 Å². The molecule has 0 aromatic heterocycles. The van der Waals surface area contributed by atoms with E-state index in [0.29, 0.717) is 5.56 Å². The summed E-state index contributed by atoms with van der Waals surface area (Å²) in [4.78, 5) is 5.14. The van der Waals surface area contributed by atoms with Crippen molar-refractivity contribution in [3.05, 3.63) is 138 Å². The van der Waals surface area contributed by atoms with Crippen molar-refractivity contribution in [2.75, 3.05) is 0 Å². The maximum atomic E-state index is 14.7. The quantitative estimate of drug-likeness (QED) is 0.146. The number of nitriles is 2. The van der Waals surface area contributed by atoms with Crippen molar-refractivity contribution in [1.82, 2.24) is 0 Å². The normalized spacial score (nSPS) is 14.5. The van der Waals surface area contributed by atoms with E-state index in [0.717, 1.165) is 24.3 Å². The lowest BCUT2D eigenvalue weighted by Gasteiger charge is -2.17. The maximum absolute atomic E-state index is 14.7. The molecule has 0 bridgehead atoms. The molecule has 1 N–H and O–H groups in total. The Balaban J connectivity index is 2.16. The van der Waals surface area contributed by atoms with E-state index in [9.17, 15) is 54.0 Å². The van der Waals surface area contributed by atoms with Gasteiger partial charge < -0.3 is 9.29 Å². The van der Waals surface area contributed by atoms with Gasteiger partial charge >= 0.3 is 17.7 Å². The summed E-state index contributed by atoms with van der Waals surface area (Å²) in [6.45, 7) is 17.0. The fourth-order valence-corrected chi connectivity index (χ4v) is 8.04. The smallest absolute Gasteiger partial charge is 0.406 e. The molecule has 1 atom stereocenters. The number of aryl methyl sites for hydroxylation is 1. The molecule has 0 amide bonds. The molecule has 5 rings (SSSR count). The summed E-state index contributed by atoms with van der Waals surface area (Å²) in [5.74, 6) is -2.15. The Morgan fingerprint density at radius 2 is 1.39 bits per heavy atom. The highest BCUT2D eigenvalue weighted by Crippen LogP contribution is 2.42. The highest BCUT2D eigenvalue weighted by atomic mass is 32.2. The van der Waals surface area contributed by atoms with Crippen molar-refractivity contribution >= 4 is 32.1 Å². The molecule has 17 heteroatoms. The Morgan fingerprint density at radius 3 is 1.86 bits per heavy atom. The van der Waals surface area contributed by atoms with Crippen LogP contribution in [0.25, 0.3) is 20.8 Å².